The number of nitrogens with one attached hydrogen (secondary N) is 2. The Morgan fingerprint density at radius 1 is 1.18 bits per heavy atom. The van der Waals surface area contributed by atoms with Crippen LogP contribution in [0.4, 0.5) is 16.2 Å². The molecule has 0 heterocycles. The second-order valence-corrected chi connectivity index (χ2v) is 5.43. The number of hydrogen-bond acceptors (Lipinski definition) is 5. The number of benzene rings is 1. The molecule has 2 N–H and O–H groups in total. The van der Waals surface area contributed by atoms with Gasteiger partial charge < -0.3 is 19.5 Å². The molecule has 1 amide bonds. The molecular weight excluding hydrogens is 284 g/mol. The zero-order chi connectivity index (χ0) is 16.6. The Morgan fingerprint density at radius 2 is 1.91 bits per heavy atom. The molecule has 1 aromatic carbocycles. The first kappa shape index (κ1) is 18.1. The van der Waals surface area contributed by atoms with E-state index in [9.17, 15) is 4.79 Å². The minimum atomic E-state index is -0.487. The maximum absolute atomic E-state index is 11.6. The first-order valence-electron chi connectivity index (χ1n) is 7.39. The number of hydrogen-bond donors (Lipinski definition) is 2. The van der Waals surface area contributed by atoms with Crippen LogP contribution in [0.3, 0.4) is 0 Å². The van der Waals surface area contributed by atoms with E-state index in [1.807, 2.05) is 26.8 Å². The second-order valence-electron chi connectivity index (χ2n) is 5.43. The van der Waals surface area contributed by atoms with E-state index in [0.717, 1.165) is 11.4 Å². The SMILES string of the molecule is CCOC(=O)Nc1ccc(OCC)cc1NC(C)(C)COC. The Hall–Kier alpha value is -1.95. The Morgan fingerprint density at radius 3 is 2.50 bits per heavy atom. The van der Waals surface area contributed by atoms with Gasteiger partial charge in [0, 0.05) is 13.2 Å². The fraction of sp³-hybridized carbons (Fsp3) is 0.562. The van der Waals surface area contributed by atoms with Crippen molar-refractivity contribution in [1.29, 1.82) is 0 Å². The highest BCUT2D eigenvalue weighted by Crippen LogP contribution is 2.30. The molecule has 1 rings (SSSR count). The summed E-state index contributed by atoms with van der Waals surface area (Å²) in [6.45, 7) is 9.12. The lowest BCUT2D eigenvalue weighted by atomic mass is 10.1. The number of carbonyl (C=O) groups excluding carboxylic acids is 1. The van der Waals surface area contributed by atoms with E-state index in [2.05, 4.69) is 10.6 Å². The van der Waals surface area contributed by atoms with Crippen LogP contribution in [0.15, 0.2) is 18.2 Å². The first-order valence-corrected chi connectivity index (χ1v) is 7.39. The Bertz CT molecular complexity index is 489. The van der Waals surface area contributed by atoms with Gasteiger partial charge in [-0.15, -0.1) is 0 Å². The van der Waals surface area contributed by atoms with Crippen molar-refractivity contribution in [2.75, 3.05) is 37.6 Å². The van der Waals surface area contributed by atoms with Crippen molar-refractivity contribution in [2.24, 2.45) is 0 Å². The second kappa shape index (κ2) is 8.48. The number of ether oxygens (including phenoxy) is 3. The van der Waals surface area contributed by atoms with Crippen molar-refractivity contribution in [2.45, 2.75) is 33.2 Å². The lowest BCUT2D eigenvalue weighted by molar-refractivity contribution is 0.158. The van der Waals surface area contributed by atoms with Crippen LogP contribution in [0.2, 0.25) is 0 Å². The minimum absolute atomic E-state index is 0.301. The average Bonchev–Trinajstić information content (AvgIpc) is 2.42. The zero-order valence-electron chi connectivity index (χ0n) is 14.0. The summed E-state index contributed by atoms with van der Waals surface area (Å²) in [4.78, 5) is 11.6. The first-order chi connectivity index (χ1) is 10.4. The maximum atomic E-state index is 11.6. The summed E-state index contributed by atoms with van der Waals surface area (Å²) in [6.07, 6.45) is -0.487. The van der Waals surface area contributed by atoms with Gasteiger partial charge in [-0.25, -0.2) is 4.79 Å². The Balaban J connectivity index is 3.01. The minimum Gasteiger partial charge on any atom is -0.494 e. The molecule has 124 valence electrons. The standard InChI is InChI=1S/C16H26N2O4/c1-6-21-12-8-9-13(17-15(19)22-7-2)14(10-12)18-16(3,4)11-20-5/h8-10,18H,6-7,11H2,1-5H3,(H,17,19). The van der Waals surface area contributed by atoms with Crippen LogP contribution < -0.4 is 15.4 Å². The molecule has 6 nitrogen and oxygen atoms in total. The molecule has 0 saturated carbocycles. The maximum Gasteiger partial charge on any atom is 0.411 e. The molecule has 0 saturated heterocycles. The van der Waals surface area contributed by atoms with Gasteiger partial charge in [-0.1, -0.05) is 0 Å². The van der Waals surface area contributed by atoms with E-state index in [1.165, 1.54) is 0 Å². The van der Waals surface area contributed by atoms with Crippen LogP contribution in [-0.4, -0.2) is 38.6 Å². The molecule has 0 aliphatic heterocycles. The monoisotopic (exact) mass is 310 g/mol. The molecule has 0 unspecified atom stereocenters. The average molecular weight is 310 g/mol. The van der Waals surface area contributed by atoms with Crippen molar-refractivity contribution >= 4 is 17.5 Å². The smallest absolute Gasteiger partial charge is 0.411 e. The predicted molar refractivity (Wildman–Crippen MR) is 87.8 cm³/mol. The van der Waals surface area contributed by atoms with Crippen molar-refractivity contribution in [3.63, 3.8) is 0 Å². The van der Waals surface area contributed by atoms with Gasteiger partial charge in [0.15, 0.2) is 0 Å². The lowest BCUT2D eigenvalue weighted by Gasteiger charge is -2.28. The molecule has 0 spiro atoms. The van der Waals surface area contributed by atoms with E-state index >= 15 is 0 Å². The summed E-state index contributed by atoms with van der Waals surface area (Å²) < 4.78 is 15.6. The zero-order valence-corrected chi connectivity index (χ0v) is 14.0. The van der Waals surface area contributed by atoms with E-state index in [4.69, 9.17) is 14.2 Å². The lowest BCUT2D eigenvalue weighted by Crippen LogP contribution is -2.36. The van der Waals surface area contributed by atoms with Gasteiger partial charge in [-0.05, 0) is 39.8 Å². The third-order valence-electron chi connectivity index (χ3n) is 2.79. The van der Waals surface area contributed by atoms with Crippen molar-refractivity contribution < 1.29 is 19.0 Å². The normalized spacial score (nSPS) is 11.0. The molecule has 0 radical (unpaired) electrons. The number of anilines is 2. The summed E-state index contributed by atoms with van der Waals surface area (Å²) >= 11 is 0. The fourth-order valence-electron chi connectivity index (χ4n) is 2.03. The largest absolute Gasteiger partial charge is 0.494 e. The summed E-state index contributed by atoms with van der Waals surface area (Å²) in [5, 5.41) is 6.08. The van der Waals surface area contributed by atoms with Crippen LogP contribution in [0, 0.1) is 0 Å². The Kier molecular flexibility index (Phi) is 6.98. The van der Waals surface area contributed by atoms with E-state index in [0.29, 0.717) is 25.5 Å². The van der Waals surface area contributed by atoms with Crippen LogP contribution in [0.25, 0.3) is 0 Å². The summed E-state index contributed by atoms with van der Waals surface area (Å²) in [7, 11) is 1.65. The van der Waals surface area contributed by atoms with Gasteiger partial charge in [-0.3, -0.25) is 5.32 Å². The molecular formula is C16H26N2O4. The number of carbonyl (C=O) groups is 1. The molecule has 0 aliphatic rings. The summed E-state index contributed by atoms with van der Waals surface area (Å²) in [6, 6.07) is 5.44. The van der Waals surface area contributed by atoms with E-state index in [1.54, 1.807) is 26.2 Å². The van der Waals surface area contributed by atoms with Crippen molar-refractivity contribution in [3.8, 4) is 5.75 Å². The third-order valence-corrected chi connectivity index (χ3v) is 2.79. The Labute approximate surface area is 132 Å². The fourth-order valence-corrected chi connectivity index (χ4v) is 2.03. The van der Waals surface area contributed by atoms with Crippen LogP contribution in [-0.2, 0) is 9.47 Å². The molecule has 0 fully saturated rings. The third kappa shape index (κ3) is 5.81. The van der Waals surface area contributed by atoms with Crippen LogP contribution in [0.1, 0.15) is 27.7 Å². The topological polar surface area (TPSA) is 68.8 Å². The molecule has 0 aliphatic carbocycles. The highest BCUT2D eigenvalue weighted by molar-refractivity contribution is 5.90. The van der Waals surface area contributed by atoms with E-state index < -0.39 is 6.09 Å². The molecule has 6 heteroatoms. The van der Waals surface area contributed by atoms with Gasteiger partial charge >= 0.3 is 6.09 Å². The van der Waals surface area contributed by atoms with Crippen LogP contribution >= 0.6 is 0 Å². The highest BCUT2D eigenvalue weighted by atomic mass is 16.5. The molecule has 0 bridgehead atoms. The van der Waals surface area contributed by atoms with Gasteiger partial charge in [0.25, 0.3) is 0 Å². The quantitative estimate of drug-likeness (QED) is 0.769. The molecule has 1 aromatic rings. The molecule has 0 atom stereocenters. The number of amides is 1. The highest BCUT2D eigenvalue weighted by Gasteiger charge is 2.20. The summed E-state index contributed by atoms with van der Waals surface area (Å²) in [5.74, 6) is 0.729. The number of rotatable bonds is 8. The molecule has 22 heavy (non-hydrogen) atoms. The van der Waals surface area contributed by atoms with Crippen molar-refractivity contribution in [3.05, 3.63) is 18.2 Å². The van der Waals surface area contributed by atoms with Gasteiger partial charge in [0.1, 0.15) is 5.75 Å². The predicted octanol–water partition coefficient (Wildman–Crippen LogP) is 3.49. The van der Waals surface area contributed by atoms with Gasteiger partial charge in [0.05, 0.1) is 36.7 Å². The van der Waals surface area contributed by atoms with Crippen LogP contribution in [0.5, 0.6) is 5.75 Å². The molecule has 0 aromatic heterocycles. The summed E-state index contributed by atoms with van der Waals surface area (Å²) in [5.41, 5.74) is 1.08. The van der Waals surface area contributed by atoms with E-state index in [-0.39, 0.29) is 5.54 Å². The van der Waals surface area contributed by atoms with Crippen molar-refractivity contribution in [1.82, 2.24) is 0 Å². The van der Waals surface area contributed by atoms with Gasteiger partial charge in [-0.2, -0.15) is 0 Å². The van der Waals surface area contributed by atoms with Gasteiger partial charge in [0.2, 0.25) is 0 Å². The number of methoxy groups -OCH3 is 1.